The van der Waals surface area contributed by atoms with Gasteiger partial charge in [-0.25, -0.2) is 0 Å². The number of hydrogen-bond donors (Lipinski definition) is 2. The van der Waals surface area contributed by atoms with Crippen LogP contribution in [0.4, 0.5) is 0 Å². The van der Waals surface area contributed by atoms with Crippen LogP contribution in [-0.4, -0.2) is 57.6 Å². The van der Waals surface area contributed by atoms with Crippen molar-refractivity contribution in [3.05, 3.63) is 0 Å². The standard InChI is InChI=1S/C7H16BO5PS/c1-11-3-4-6(13-14(2,10)15)5(9)7(8)12-4/h4-7,9H,3,8H2,1-2H3,(H,10,15)/t4-,5?,6?,7-,14?/m1/s1. The number of aliphatic hydroxyl groups is 1. The topological polar surface area (TPSA) is 65.0 Å². The van der Waals surface area contributed by atoms with Crippen molar-refractivity contribution >= 4 is 26.7 Å². The van der Waals surface area contributed by atoms with Crippen LogP contribution in [0.15, 0.2) is 0 Å². The van der Waals surface area contributed by atoms with E-state index in [-0.39, 0.29) is 6.00 Å². The average Bonchev–Trinajstić information content (AvgIpc) is 2.32. The molecule has 1 N–H and O–H groups in total. The Balaban J connectivity index is 2.68. The van der Waals surface area contributed by atoms with E-state index in [1.54, 1.807) is 7.85 Å². The summed E-state index contributed by atoms with van der Waals surface area (Å²) in [5.41, 5.74) is 0. The lowest BCUT2D eigenvalue weighted by molar-refractivity contribution is -0.00991. The summed E-state index contributed by atoms with van der Waals surface area (Å²) in [5, 5.41) is 9.76. The van der Waals surface area contributed by atoms with Crippen LogP contribution < -0.4 is 0 Å². The molecule has 0 aromatic heterocycles. The van der Waals surface area contributed by atoms with Gasteiger partial charge in [0.1, 0.15) is 26.2 Å². The van der Waals surface area contributed by atoms with E-state index in [4.69, 9.17) is 14.0 Å². The summed E-state index contributed by atoms with van der Waals surface area (Å²) >= 11 is 3.83. The van der Waals surface area contributed by atoms with Crippen LogP contribution in [0.1, 0.15) is 0 Å². The molecule has 1 aliphatic heterocycles. The monoisotopic (exact) mass is 254 g/mol. The van der Waals surface area contributed by atoms with Crippen LogP contribution in [0.3, 0.4) is 0 Å². The Labute approximate surface area is 95.5 Å². The quantitative estimate of drug-likeness (QED) is 0.402. The molecule has 1 rings (SSSR count). The third kappa shape index (κ3) is 3.77. The molecule has 0 spiro atoms. The summed E-state index contributed by atoms with van der Waals surface area (Å²) in [5.74, 6) is 0. The summed E-state index contributed by atoms with van der Waals surface area (Å²) in [4.78, 5) is 0. The zero-order chi connectivity index (χ0) is 11.6. The van der Waals surface area contributed by atoms with Crippen molar-refractivity contribution in [2.45, 2.75) is 24.3 Å². The summed E-state index contributed by atoms with van der Waals surface area (Å²) in [6, 6.07) is -0.352. The fraction of sp³-hybridized carbons (Fsp3) is 1.00. The Kier molecular flexibility index (Phi) is 4.71. The van der Waals surface area contributed by atoms with Gasteiger partial charge in [0.2, 0.25) is 0 Å². The Hall–Kier alpha value is 0.485. The predicted molar refractivity (Wildman–Crippen MR) is 62.5 cm³/mol. The molecule has 0 radical (unpaired) electrons. The third-order valence-electron chi connectivity index (χ3n) is 2.22. The Morgan fingerprint density at radius 1 is 1.67 bits per heavy atom. The number of ether oxygens (including phenoxy) is 2. The largest absolute Gasteiger partial charge is 0.388 e. The van der Waals surface area contributed by atoms with E-state index in [0.29, 0.717) is 6.61 Å². The zero-order valence-electron chi connectivity index (χ0n) is 8.99. The molecule has 0 bridgehead atoms. The van der Waals surface area contributed by atoms with E-state index < -0.39 is 24.9 Å². The molecule has 0 saturated carbocycles. The molecule has 5 atom stereocenters. The number of hydrogen-bond acceptors (Lipinski definition) is 5. The maximum absolute atomic E-state index is 11.4. The van der Waals surface area contributed by atoms with E-state index in [2.05, 4.69) is 12.2 Å². The fourth-order valence-corrected chi connectivity index (χ4v) is 2.61. The van der Waals surface area contributed by atoms with E-state index >= 15 is 0 Å². The second kappa shape index (κ2) is 5.21. The average molecular weight is 254 g/mol. The van der Waals surface area contributed by atoms with Gasteiger partial charge in [0.25, 0.3) is 6.57 Å². The highest BCUT2D eigenvalue weighted by Crippen LogP contribution is 2.50. The maximum atomic E-state index is 11.4. The van der Waals surface area contributed by atoms with E-state index in [1.807, 2.05) is 0 Å². The number of thiol groups is 1. The highest BCUT2D eigenvalue weighted by atomic mass is 32.7. The second-order valence-corrected chi connectivity index (χ2v) is 7.70. The van der Waals surface area contributed by atoms with Crippen molar-refractivity contribution in [2.75, 3.05) is 20.4 Å². The van der Waals surface area contributed by atoms with Gasteiger partial charge >= 0.3 is 0 Å². The molecule has 1 aliphatic rings. The first-order chi connectivity index (χ1) is 6.85. The van der Waals surface area contributed by atoms with Crippen molar-refractivity contribution < 1.29 is 23.7 Å². The zero-order valence-corrected chi connectivity index (χ0v) is 10.8. The van der Waals surface area contributed by atoms with Crippen LogP contribution in [0, 0.1) is 0 Å². The normalized spacial score (nSPS) is 40.3. The van der Waals surface area contributed by atoms with Crippen LogP contribution in [0.2, 0.25) is 0 Å². The lowest BCUT2D eigenvalue weighted by atomic mass is 9.93. The Bertz CT molecular complexity index is 260. The molecular weight excluding hydrogens is 238 g/mol. The molecule has 88 valence electrons. The summed E-state index contributed by atoms with van der Waals surface area (Å²) in [7, 11) is 3.26. The van der Waals surface area contributed by atoms with Gasteiger partial charge < -0.3 is 19.1 Å². The minimum absolute atomic E-state index is 0.292. The number of aliphatic hydroxyl groups excluding tert-OH is 1. The first kappa shape index (κ1) is 13.5. The molecule has 15 heavy (non-hydrogen) atoms. The van der Waals surface area contributed by atoms with Gasteiger partial charge in [0.05, 0.1) is 12.6 Å². The molecule has 8 heteroatoms. The number of rotatable bonds is 4. The fourth-order valence-electron chi connectivity index (χ4n) is 1.58. The maximum Gasteiger partial charge on any atom is 0.252 e. The van der Waals surface area contributed by atoms with Gasteiger partial charge in [-0.15, -0.1) is 0 Å². The first-order valence-corrected chi connectivity index (χ1v) is 7.88. The molecule has 1 heterocycles. The summed E-state index contributed by atoms with van der Waals surface area (Å²) in [6.45, 7) is -1.26. The minimum Gasteiger partial charge on any atom is -0.388 e. The van der Waals surface area contributed by atoms with Gasteiger partial charge in [-0.05, 0) is 0 Å². The lowest BCUT2D eigenvalue weighted by Gasteiger charge is -2.22. The number of methoxy groups -OCH3 is 1. The molecule has 5 nitrogen and oxygen atoms in total. The van der Waals surface area contributed by atoms with E-state index in [9.17, 15) is 9.67 Å². The van der Waals surface area contributed by atoms with Crippen molar-refractivity contribution in [1.29, 1.82) is 0 Å². The van der Waals surface area contributed by atoms with Gasteiger partial charge in [0, 0.05) is 13.8 Å². The summed E-state index contributed by atoms with van der Waals surface area (Å²) in [6.07, 6.45) is -1.85. The van der Waals surface area contributed by atoms with E-state index in [1.165, 1.54) is 13.8 Å². The van der Waals surface area contributed by atoms with Gasteiger partial charge in [-0.3, -0.25) is 4.57 Å². The second-order valence-electron chi connectivity index (χ2n) is 3.70. The molecular formula is C7H16BO5PS. The van der Waals surface area contributed by atoms with Crippen molar-refractivity contribution in [3.8, 4) is 0 Å². The Morgan fingerprint density at radius 3 is 2.73 bits per heavy atom. The molecule has 0 aromatic carbocycles. The van der Waals surface area contributed by atoms with Crippen LogP contribution >= 0.6 is 18.8 Å². The van der Waals surface area contributed by atoms with Crippen molar-refractivity contribution in [3.63, 3.8) is 0 Å². The third-order valence-corrected chi connectivity index (χ3v) is 3.14. The molecule has 1 fully saturated rings. The van der Waals surface area contributed by atoms with Crippen molar-refractivity contribution in [1.82, 2.24) is 0 Å². The van der Waals surface area contributed by atoms with Gasteiger partial charge in [-0.2, -0.15) is 0 Å². The summed E-state index contributed by atoms with van der Waals surface area (Å²) < 4.78 is 27.0. The predicted octanol–water partition coefficient (Wildman–Crippen LogP) is -0.510. The van der Waals surface area contributed by atoms with Crippen molar-refractivity contribution in [2.24, 2.45) is 0 Å². The van der Waals surface area contributed by atoms with Crippen LogP contribution in [0.25, 0.3) is 0 Å². The Morgan fingerprint density at radius 2 is 2.27 bits per heavy atom. The smallest absolute Gasteiger partial charge is 0.252 e. The minimum atomic E-state index is -2.94. The van der Waals surface area contributed by atoms with Crippen LogP contribution in [0.5, 0.6) is 0 Å². The first-order valence-electron chi connectivity index (χ1n) is 4.66. The highest BCUT2D eigenvalue weighted by Gasteiger charge is 2.43. The molecule has 3 unspecified atom stereocenters. The molecule has 0 amide bonds. The molecule has 1 saturated heterocycles. The lowest BCUT2D eigenvalue weighted by Crippen LogP contribution is -2.36. The SMILES string of the molecule is B[C@@H]1O[C@H](COC)C(OP(C)(=O)S)C1O. The van der Waals surface area contributed by atoms with Crippen LogP contribution in [-0.2, 0) is 18.6 Å². The highest BCUT2D eigenvalue weighted by molar-refractivity contribution is 8.46. The van der Waals surface area contributed by atoms with Gasteiger partial charge in [-0.1, -0.05) is 12.2 Å². The molecule has 0 aliphatic carbocycles. The van der Waals surface area contributed by atoms with Gasteiger partial charge in [0.15, 0.2) is 0 Å². The van der Waals surface area contributed by atoms with E-state index in [0.717, 1.165) is 0 Å². The molecule has 0 aromatic rings.